The van der Waals surface area contributed by atoms with Gasteiger partial charge in [-0.05, 0) is 13.3 Å². The van der Waals surface area contributed by atoms with Gasteiger partial charge in [-0.2, -0.15) is 4.98 Å². The monoisotopic (exact) mass is 224 g/mol. The molecule has 1 N–H and O–H groups in total. The van der Waals surface area contributed by atoms with Gasteiger partial charge in [0.15, 0.2) is 0 Å². The molecule has 0 saturated carbocycles. The summed E-state index contributed by atoms with van der Waals surface area (Å²) < 4.78 is 5.43. The quantitative estimate of drug-likeness (QED) is 0.831. The fourth-order valence-corrected chi connectivity index (χ4v) is 1.19. The number of nitrogens with zero attached hydrogens (tertiary/aromatic N) is 2. The molecular formula is C12H20N2O2. The Bertz CT molecular complexity index is 340. The average Bonchev–Trinajstić information content (AvgIpc) is 2.25. The third-order valence-electron chi connectivity index (χ3n) is 2.26. The maximum Gasteiger partial charge on any atom is 0.216 e. The zero-order valence-corrected chi connectivity index (χ0v) is 10.4. The average molecular weight is 224 g/mol. The first kappa shape index (κ1) is 12.9. The van der Waals surface area contributed by atoms with Gasteiger partial charge in [0.1, 0.15) is 12.4 Å². The number of aliphatic hydroxyl groups is 1. The van der Waals surface area contributed by atoms with Crippen LogP contribution in [0.25, 0.3) is 0 Å². The van der Waals surface area contributed by atoms with Crippen LogP contribution in [0.15, 0.2) is 6.07 Å². The maximum absolute atomic E-state index is 9.40. The summed E-state index contributed by atoms with van der Waals surface area (Å²) in [6.07, 6.45) is 0.249. The Morgan fingerprint density at radius 3 is 2.62 bits per heavy atom. The largest absolute Gasteiger partial charge is 0.475 e. The molecule has 4 heteroatoms. The maximum atomic E-state index is 9.40. The van der Waals surface area contributed by atoms with Crippen molar-refractivity contribution in [2.75, 3.05) is 6.61 Å². The molecule has 1 unspecified atom stereocenters. The van der Waals surface area contributed by atoms with E-state index in [-0.39, 0.29) is 12.5 Å². The Labute approximate surface area is 96.7 Å². The molecule has 0 saturated heterocycles. The highest BCUT2D eigenvalue weighted by Crippen LogP contribution is 2.15. The molecule has 0 aliphatic carbocycles. The van der Waals surface area contributed by atoms with Crippen LogP contribution in [0.3, 0.4) is 0 Å². The van der Waals surface area contributed by atoms with Gasteiger partial charge >= 0.3 is 0 Å². The van der Waals surface area contributed by atoms with Crippen molar-refractivity contribution in [3.05, 3.63) is 17.6 Å². The lowest BCUT2D eigenvalue weighted by atomic mass is 10.2. The predicted molar refractivity (Wildman–Crippen MR) is 62.7 cm³/mol. The molecular weight excluding hydrogens is 204 g/mol. The molecule has 0 spiro atoms. The highest BCUT2D eigenvalue weighted by atomic mass is 16.5. The van der Waals surface area contributed by atoms with Crippen molar-refractivity contribution in [3.8, 4) is 5.88 Å². The van der Waals surface area contributed by atoms with E-state index in [0.717, 1.165) is 11.5 Å². The van der Waals surface area contributed by atoms with Gasteiger partial charge in [0.25, 0.3) is 0 Å². The van der Waals surface area contributed by atoms with E-state index < -0.39 is 6.10 Å². The second kappa shape index (κ2) is 5.80. The van der Waals surface area contributed by atoms with E-state index in [1.54, 1.807) is 6.07 Å². The lowest BCUT2D eigenvalue weighted by Gasteiger charge is -2.11. The lowest BCUT2D eigenvalue weighted by molar-refractivity contribution is 0.101. The standard InChI is InChI=1S/C12H20N2O2/c1-5-10(15)7-16-11-6-9(4)13-12(14-11)8(2)3/h6,8,10,15H,5,7H2,1-4H3. The Morgan fingerprint density at radius 1 is 1.38 bits per heavy atom. The topological polar surface area (TPSA) is 55.2 Å². The molecule has 1 atom stereocenters. The molecule has 0 bridgehead atoms. The number of aryl methyl sites for hydroxylation is 1. The van der Waals surface area contributed by atoms with E-state index in [2.05, 4.69) is 9.97 Å². The summed E-state index contributed by atoms with van der Waals surface area (Å²) in [5.41, 5.74) is 0.889. The van der Waals surface area contributed by atoms with Crippen LogP contribution in [0.5, 0.6) is 5.88 Å². The predicted octanol–water partition coefficient (Wildman–Crippen LogP) is 2.06. The van der Waals surface area contributed by atoms with Crippen LogP contribution in [0, 0.1) is 6.92 Å². The number of aliphatic hydroxyl groups excluding tert-OH is 1. The molecule has 1 aromatic rings. The van der Waals surface area contributed by atoms with Crippen molar-refractivity contribution in [1.82, 2.24) is 9.97 Å². The van der Waals surface area contributed by atoms with Gasteiger partial charge in [-0.1, -0.05) is 20.8 Å². The molecule has 90 valence electrons. The van der Waals surface area contributed by atoms with Crippen LogP contribution >= 0.6 is 0 Å². The Morgan fingerprint density at radius 2 is 2.06 bits per heavy atom. The van der Waals surface area contributed by atoms with Gasteiger partial charge in [0.2, 0.25) is 5.88 Å². The Hall–Kier alpha value is -1.16. The summed E-state index contributed by atoms with van der Waals surface area (Å²) >= 11 is 0. The molecule has 0 amide bonds. The summed E-state index contributed by atoms with van der Waals surface area (Å²) in [4.78, 5) is 8.62. The van der Waals surface area contributed by atoms with Crippen LogP contribution < -0.4 is 4.74 Å². The van der Waals surface area contributed by atoms with E-state index >= 15 is 0 Å². The number of rotatable bonds is 5. The van der Waals surface area contributed by atoms with Crippen molar-refractivity contribution in [3.63, 3.8) is 0 Å². The minimum Gasteiger partial charge on any atom is -0.475 e. The van der Waals surface area contributed by atoms with E-state index in [9.17, 15) is 5.11 Å². The first-order valence-corrected chi connectivity index (χ1v) is 5.69. The van der Waals surface area contributed by atoms with Crippen LogP contribution in [0.1, 0.15) is 44.6 Å². The summed E-state index contributed by atoms with van der Waals surface area (Å²) in [7, 11) is 0. The Balaban J connectivity index is 2.72. The molecule has 0 aromatic carbocycles. The van der Waals surface area contributed by atoms with Gasteiger partial charge < -0.3 is 9.84 Å². The first-order chi connectivity index (χ1) is 7.52. The highest BCUT2D eigenvalue weighted by Gasteiger charge is 2.08. The van der Waals surface area contributed by atoms with Crippen molar-refractivity contribution >= 4 is 0 Å². The second-order valence-corrected chi connectivity index (χ2v) is 4.23. The molecule has 0 aliphatic rings. The van der Waals surface area contributed by atoms with E-state index in [0.29, 0.717) is 12.3 Å². The smallest absolute Gasteiger partial charge is 0.216 e. The second-order valence-electron chi connectivity index (χ2n) is 4.23. The van der Waals surface area contributed by atoms with Crippen LogP contribution in [0.4, 0.5) is 0 Å². The minimum atomic E-state index is -0.433. The number of hydrogen-bond donors (Lipinski definition) is 1. The van der Waals surface area contributed by atoms with E-state index in [4.69, 9.17) is 4.74 Å². The molecule has 16 heavy (non-hydrogen) atoms. The summed E-state index contributed by atoms with van der Waals surface area (Å²) in [6, 6.07) is 1.79. The van der Waals surface area contributed by atoms with Gasteiger partial charge in [-0.25, -0.2) is 4.98 Å². The van der Waals surface area contributed by atoms with E-state index in [1.165, 1.54) is 0 Å². The fraction of sp³-hybridized carbons (Fsp3) is 0.667. The van der Waals surface area contributed by atoms with Crippen molar-refractivity contribution in [2.24, 2.45) is 0 Å². The normalized spacial score (nSPS) is 12.9. The zero-order valence-electron chi connectivity index (χ0n) is 10.4. The third-order valence-corrected chi connectivity index (χ3v) is 2.26. The van der Waals surface area contributed by atoms with Crippen molar-refractivity contribution in [1.29, 1.82) is 0 Å². The first-order valence-electron chi connectivity index (χ1n) is 5.69. The number of aromatic nitrogens is 2. The SMILES string of the molecule is CCC(O)COc1cc(C)nc(C(C)C)n1. The minimum absolute atomic E-state index is 0.276. The molecule has 1 heterocycles. The van der Waals surface area contributed by atoms with Gasteiger partial charge in [0.05, 0.1) is 6.10 Å². The van der Waals surface area contributed by atoms with Crippen LogP contribution in [-0.4, -0.2) is 27.8 Å². The third kappa shape index (κ3) is 3.77. The van der Waals surface area contributed by atoms with Crippen molar-refractivity contribution < 1.29 is 9.84 Å². The van der Waals surface area contributed by atoms with E-state index in [1.807, 2.05) is 27.7 Å². The molecule has 4 nitrogen and oxygen atoms in total. The zero-order chi connectivity index (χ0) is 12.1. The molecule has 1 rings (SSSR count). The highest BCUT2D eigenvalue weighted by molar-refractivity contribution is 5.16. The molecule has 0 radical (unpaired) electrons. The summed E-state index contributed by atoms with van der Waals surface area (Å²) in [5.74, 6) is 1.60. The summed E-state index contributed by atoms with van der Waals surface area (Å²) in [6.45, 7) is 8.19. The van der Waals surface area contributed by atoms with Crippen LogP contribution in [0.2, 0.25) is 0 Å². The molecule has 0 aliphatic heterocycles. The van der Waals surface area contributed by atoms with Crippen molar-refractivity contribution in [2.45, 2.75) is 46.1 Å². The van der Waals surface area contributed by atoms with Gasteiger partial charge in [0, 0.05) is 17.7 Å². The lowest BCUT2D eigenvalue weighted by Crippen LogP contribution is -2.17. The summed E-state index contributed by atoms with van der Waals surface area (Å²) in [5, 5.41) is 9.40. The molecule has 1 aromatic heterocycles. The molecule has 0 fully saturated rings. The Kier molecular flexibility index (Phi) is 4.68. The van der Waals surface area contributed by atoms with Crippen LogP contribution in [-0.2, 0) is 0 Å². The van der Waals surface area contributed by atoms with Gasteiger partial charge in [-0.3, -0.25) is 0 Å². The van der Waals surface area contributed by atoms with Gasteiger partial charge in [-0.15, -0.1) is 0 Å². The number of hydrogen-bond acceptors (Lipinski definition) is 4. The number of ether oxygens (including phenoxy) is 1. The fourth-order valence-electron chi connectivity index (χ4n) is 1.19.